The summed E-state index contributed by atoms with van der Waals surface area (Å²) in [6, 6.07) is 5.20. The Kier molecular flexibility index (Phi) is 6.80. The molecule has 3 heterocycles. The summed E-state index contributed by atoms with van der Waals surface area (Å²) in [6.45, 7) is 7.10. The van der Waals surface area contributed by atoms with E-state index >= 15 is 0 Å². The molecular weight excluding hydrogens is 438 g/mol. The minimum absolute atomic E-state index is 0.0216. The van der Waals surface area contributed by atoms with Crippen molar-refractivity contribution in [1.29, 1.82) is 0 Å². The van der Waals surface area contributed by atoms with Crippen LogP contribution in [0.4, 0.5) is 16.2 Å². The number of anilines is 2. The van der Waals surface area contributed by atoms with Gasteiger partial charge in [-0.1, -0.05) is 30.4 Å². The van der Waals surface area contributed by atoms with Gasteiger partial charge in [0.25, 0.3) is 5.91 Å². The Bertz CT molecular complexity index is 1110. The van der Waals surface area contributed by atoms with Crippen LogP contribution < -0.4 is 9.80 Å². The highest BCUT2D eigenvalue weighted by molar-refractivity contribution is 6.08. The molecule has 1 aromatic heterocycles. The molecule has 2 aliphatic rings. The molecule has 1 fully saturated rings. The van der Waals surface area contributed by atoms with E-state index in [1.165, 1.54) is 9.80 Å². The first-order valence-corrected chi connectivity index (χ1v) is 11.3. The van der Waals surface area contributed by atoms with Crippen molar-refractivity contribution in [2.75, 3.05) is 36.1 Å². The molecule has 1 aromatic carbocycles. The number of aryl methyl sites for hydroxylation is 1. The molecule has 0 aliphatic carbocycles. The lowest BCUT2D eigenvalue weighted by Crippen LogP contribution is -2.44. The summed E-state index contributed by atoms with van der Waals surface area (Å²) in [5.74, 6) is -0.958. The monoisotopic (exact) mass is 467 g/mol. The van der Waals surface area contributed by atoms with E-state index in [1.807, 2.05) is 12.2 Å². The number of carbonyl (C=O) groups is 2. The number of nitrogens with zero attached hydrogens (tertiary/aromatic N) is 5. The third kappa shape index (κ3) is 4.22. The lowest BCUT2D eigenvalue weighted by atomic mass is 9.82. The van der Waals surface area contributed by atoms with Gasteiger partial charge in [0.15, 0.2) is 5.60 Å². The number of cyclic esters (lactones) is 1. The maximum absolute atomic E-state index is 13.4. The van der Waals surface area contributed by atoms with Crippen LogP contribution in [0.3, 0.4) is 0 Å². The Morgan fingerprint density at radius 2 is 2.18 bits per heavy atom. The van der Waals surface area contributed by atoms with Crippen molar-refractivity contribution >= 4 is 23.4 Å². The number of hydrogen-bond acceptors (Lipinski definition) is 7. The Morgan fingerprint density at radius 3 is 2.88 bits per heavy atom. The van der Waals surface area contributed by atoms with Gasteiger partial charge in [-0.05, 0) is 24.6 Å². The van der Waals surface area contributed by atoms with Gasteiger partial charge < -0.3 is 19.8 Å². The molecule has 10 heteroatoms. The predicted octanol–water partition coefficient (Wildman–Crippen LogP) is 1.77. The normalized spacial score (nSPS) is 20.8. The van der Waals surface area contributed by atoms with Gasteiger partial charge >= 0.3 is 6.09 Å². The maximum atomic E-state index is 13.4. The molecule has 10 nitrogen and oxygen atoms in total. The first-order valence-electron chi connectivity index (χ1n) is 11.3. The van der Waals surface area contributed by atoms with Crippen LogP contribution in [0.25, 0.3) is 0 Å². The van der Waals surface area contributed by atoms with Crippen LogP contribution in [-0.4, -0.2) is 63.5 Å². The summed E-state index contributed by atoms with van der Waals surface area (Å²) >= 11 is 0. The second-order valence-corrected chi connectivity index (χ2v) is 8.39. The Hall–Kier alpha value is -3.50. The van der Waals surface area contributed by atoms with Crippen LogP contribution in [0.2, 0.25) is 0 Å². The molecule has 2 aliphatic heterocycles. The van der Waals surface area contributed by atoms with E-state index in [2.05, 4.69) is 16.9 Å². The third-order valence-electron chi connectivity index (χ3n) is 6.20. The van der Waals surface area contributed by atoms with Crippen molar-refractivity contribution in [2.24, 2.45) is 5.92 Å². The zero-order valence-corrected chi connectivity index (χ0v) is 19.1. The number of ether oxygens (including phenoxy) is 1. The van der Waals surface area contributed by atoms with Crippen LogP contribution >= 0.6 is 0 Å². The lowest BCUT2D eigenvalue weighted by molar-refractivity contribution is -0.139. The average Bonchev–Trinajstić information content (AvgIpc) is 3.52. The summed E-state index contributed by atoms with van der Waals surface area (Å²) in [5.41, 5.74) is 0.577. The second-order valence-electron chi connectivity index (χ2n) is 8.39. The second kappa shape index (κ2) is 9.78. The number of aliphatic hydroxyl groups excluding tert-OH is 1. The van der Waals surface area contributed by atoms with E-state index in [1.54, 1.807) is 42.1 Å². The Morgan fingerprint density at radius 1 is 1.35 bits per heavy atom. The highest BCUT2D eigenvalue weighted by Gasteiger charge is 2.52. The van der Waals surface area contributed by atoms with E-state index in [0.29, 0.717) is 49.5 Å². The van der Waals surface area contributed by atoms with Gasteiger partial charge in [0, 0.05) is 49.5 Å². The summed E-state index contributed by atoms with van der Waals surface area (Å²) < 4.78 is 6.73. The van der Waals surface area contributed by atoms with Gasteiger partial charge in [0.2, 0.25) is 0 Å². The molecule has 2 N–H and O–H groups in total. The zero-order chi connectivity index (χ0) is 24.3. The molecule has 180 valence electrons. The molecule has 0 unspecified atom stereocenters. The van der Waals surface area contributed by atoms with Crippen LogP contribution in [0.1, 0.15) is 24.6 Å². The van der Waals surface area contributed by atoms with Gasteiger partial charge in [-0.25, -0.2) is 4.79 Å². The number of aliphatic hydroxyl groups is 2. The fraction of sp³-hybridized carbons (Fsp3) is 0.417. The predicted molar refractivity (Wildman–Crippen MR) is 125 cm³/mol. The average molecular weight is 468 g/mol. The largest absolute Gasteiger partial charge is 0.447 e. The quantitative estimate of drug-likeness (QED) is 0.511. The SMILES string of the molecule is C=CCN1C(=O)[C@](O)([C@H](C)/C=C/CCn2cc(CCO)nn2)c2cc(N3CCOC3=O)ccc21. The number of allylic oxidation sites excluding steroid dienone is 1. The summed E-state index contributed by atoms with van der Waals surface area (Å²) in [5, 5.41) is 28.7. The van der Waals surface area contributed by atoms with Crippen LogP contribution in [0, 0.1) is 5.92 Å². The van der Waals surface area contributed by atoms with Crippen molar-refractivity contribution in [2.45, 2.75) is 31.9 Å². The molecule has 0 bridgehead atoms. The van der Waals surface area contributed by atoms with Gasteiger partial charge in [-0.2, -0.15) is 0 Å². The molecule has 4 rings (SSSR count). The van der Waals surface area contributed by atoms with Gasteiger partial charge in [-0.3, -0.25) is 14.4 Å². The standard InChI is InChI=1S/C24H29N5O5/c1-3-10-29-21-8-7-19(28-12-14-34-23(28)32)15-20(21)24(33,22(29)31)17(2)6-4-5-11-27-16-18(9-13-30)25-26-27/h3-4,6-8,15-17,30,33H,1,5,9-14H2,2H3/b6-4+/t17-,24+/m1/s1. The minimum Gasteiger partial charge on any atom is -0.447 e. The number of aromatic nitrogens is 3. The molecule has 2 atom stereocenters. The molecule has 2 aromatic rings. The number of rotatable bonds is 10. The van der Waals surface area contributed by atoms with Crippen molar-refractivity contribution in [3.8, 4) is 0 Å². The van der Waals surface area contributed by atoms with Crippen molar-refractivity contribution < 1.29 is 24.5 Å². The topological polar surface area (TPSA) is 121 Å². The first-order chi connectivity index (χ1) is 16.4. The van der Waals surface area contributed by atoms with Gasteiger partial charge in [-0.15, -0.1) is 11.7 Å². The zero-order valence-electron chi connectivity index (χ0n) is 19.1. The van der Waals surface area contributed by atoms with Crippen molar-refractivity contribution in [1.82, 2.24) is 15.0 Å². The van der Waals surface area contributed by atoms with Crippen LogP contribution in [-0.2, 0) is 28.1 Å². The highest BCUT2D eigenvalue weighted by Crippen LogP contribution is 2.46. The Balaban J connectivity index is 1.55. The number of carbonyl (C=O) groups excluding carboxylic acids is 2. The van der Waals surface area contributed by atoms with Gasteiger partial charge in [0.05, 0.1) is 17.9 Å². The fourth-order valence-electron chi connectivity index (χ4n) is 4.36. The van der Waals surface area contributed by atoms with E-state index in [4.69, 9.17) is 9.84 Å². The summed E-state index contributed by atoms with van der Waals surface area (Å²) in [7, 11) is 0. The van der Waals surface area contributed by atoms with Crippen molar-refractivity contribution in [3.05, 3.63) is 60.5 Å². The highest BCUT2D eigenvalue weighted by atomic mass is 16.6. The number of amides is 2. The fourth-order valence-corrected chi connectivity index (χ4v) is 4.36. The lowest BCUT2D eigenvalue weighted by Gasteiger charge is -2.28. The number of fused-ring (bicyclic) bond motifs is 1. The minimum atomic E-state index is -1.78. The van der Waals surface area contributed by atoms with Gasteiger partial charge in [0.1, 0.15) is 6.61 Å². The van der Waals surface area contributed by atoms with Crippen molar-refractivity contribution in [3.63, 3.8) is 0 Å². The Labute approximate surface area is 197 Å². The molecular formula is C24H29N5O5. The third-order valence-corrected chi connectivity index (χ3v) is 6.20. The smallest absolute Gasteiger partial charge is 0.414 e. The molecule has 2 amide bonds. The van der Waals surface area contributed by atoms with E-state index < -0.39 is 23.5 Å². The van der Waals surface area contributed by atoms with E-state index in [-0.39, 0.29) is 13.2 Å². The molecule has 0 saturated carbocycles. The summed E-state index contributed by atoms with van der Waals surface area (Å²) in [6.07, 6.45) is 7.76. The number of benzene rings is 1. The van der Waals surface area contributed by atoms with Crippen LogP contribution in [0.5, 0.6) is 0 Å². The van der Waals surface area contributed by atoms with E-state index in [9.17, 15) is 14.7 Å². The summed E-state index contributed by atoms with van der Waals surface area (Å²) in [4.78, 5) is 28.4. The molecule has 1 saturated heterocycles. The molecule has 0 radical (unpaired) electrons. The first kappa shape index (κ1) is 23.7. The molecule has 0 spiro atoms. The van der Waals surface area contributed by atoms with Crippen LogP contribution in [0.15, 0.2) is 49.2 Å². The number of hydrogen-bond donors (Lipinski definition) is 2. The van der Waals surface area contributed by atoms with E-state index in [0.717, 1.165) is 5.69 Å². The molecule has 34 heavy (non-hydrogen) atoms. The maximum Gasteiger partial charge on any atom is 0.414 e.